The summed E-state index contributed by atoms with van der Waals surface area (Å²) in [7, 11) is 0. The topological polar surface area (TPSA) is 79.5 Å². The summed E-state index contributed by atoms with van der Waals surface area (Å²) in [6.07, 6.45) is 12.2. The highest BCUT2D eigenvalue weighted by molar-refractivity contribution is 5.86. The van der Waals surface area contributed by atoms with E-state index in [0.29, 0.717) is 0 Å². The molecular formula is C33H45N3O3. The van der Waals surface area contributed by atoms with Crippen LogP contribution in [0.3, 0.4) is 0 Å². The number of hydrogen-bond donors (Lipinski definition) is 3. The normalized spacial score (nSPS) is 15.9. The monoisotopic (exact) mass is 531 g/mol. The number of aliphatic hydroxyl groups is 2. The maximum Gasteiger partial charge on any atom is 0.137 e. The lowest BCUT2D eigenvalue weighted by Gasteiger charge is -2.20. The molecule has 6 heteroatoms. The van der Waals surface area contributed by atoms with Gasteiger partial charge >= 0.3 is 0 Å². The molecule has 0 radical (unpaired) electrons. The van der Waals surface area contributed by atoms with Gasteiger partial charge in [0.25, 0.3) is 0 Å². The third kappa shape index (κ3) is 7.52. The highest BCUT2D eigenvalue weighted by Crippen LogP contribution is 2.44. The smallest absolute Gasteiger partial charge is 0.137 e. The van der Waals surface area contributed by atoms with Crippen molar-refractivity contribution in [1.82, 2.24) is 9.78 Å². The zero-order chi connectivity index (χ0) is 27.8. The predicted octanol–water partition coefficient (Wildman–Crippen LogP) is 7.69. The fraction of sp³-hybridized carbons (Fsp3) is 0.485. The molecule has 2 aliphatic rings. The van der Waals surface area contributed by atoms with Gasteiger partial charge in [-0.3, -0.25) is 0 Å². The summed E-state index contributed by atoms with van der Waals surface area (Å²) in [5.41, 5.74) is 5.42. The van der Waals surface area contributed by atoms with Gasteiger partial charge in [0, 0.05) is 18.3 Å². The molecule has 1 aromatic heterocycles. The molecule has 3 N–H and O–H groups in total. The van der Waals surface area contributed by atoms with Crippen LogP contribution in [-0.2, 0) is 0 Å². The van der Waals surface area contributed by atoms with Crippen LogP contribution in [0.2, 0.25) is 0 Å². The predicted molar refractivity (Wildman–Crippen MR) is 161 cm³/mol. The van der Waals surface area contributed by atoms with Gasteiger partial charge < -0.3 is 20.3 Å². The van der Waals surface area contributed by atoms with E-state index in [1.54, 1.807) is 6.92 Å². The molecule has 1 saturated carbocycles. The summed E-state index contributed by atoms with van der Waals surface area (Å²) in [5, 5.41) is 27.0. The van der Waals surface area contributed by atoms with Crippen LogP contribution in [-0.4, -0.2) is 38.2 Å². The van der Waals surface area contributed by atoms with Crippen molar-refractivity contribution in [2.24, 2.45) is 0 Å². The van der Waals surface area contributed by atoms with Crippen LogP contribution in [0.4, 0.5) is 5.82 Å². The summed E-state index contributed by atoms with van der Waals surface area (Å²) >= 11 is 0. The lowest BCUT2D eigenvalue weighted by Crippen LogP contribution is -2.17. The molecule has 0 amide bonds. The molecule has 2 aromatic carbocycles. The van der Waals surface area contributed by atoms with E-state index in [0.717, 1.165) is 73.3 Å². The van der Waals surface area contributed by atoms with Crippen molar-refractivity contribution in [3.63, 3.8) is 0 Å². The molecule has 5 rings (SSSR count). The lowest BCUT2D eigenvalue weighted by molar-refractivity contribution is 0.153. The van der Waals surface area contributed by atoms with Gasteiger partial charge in [-0.2, -0.15) is 5.10 Å². The maximum absolute atomic E-state index is 9.90. The molecule has 210 valence electrons. The van der Waals surface area contributed by atoms with Crippen LogP contribution in [0.25, 0.3) is 22.9 Å². The van der Waals surface area contributed by atoms with Crippen molar-refractivity contribution in [1.29, 1.82) is 0 Å². The highest BCUT2D eigenvalue weighted by atomic mass is 16.5. The Hall–Kier alpha value is -3.09. The molecule has 1 unspecified atom stereocenters. The van der Waals surface area contributed by atoms with Crippen LogP contribution >= 0.6 is 0 Å². The Bertz CT molecular complexity index is 1220. The first-order valence-corrected chi connectivity index (χ1v) is 14.7. The number of benzene rings is 2. The van der Waals surface area contributed by atoms with E-state index in [2.05, 4.69) is 67.7 Å². The third-order valence-electron chi connectivity index (χ3n) is 7.52. The standard InChI is InChI=1S/C26H29N3O2.C7H16O/c1-3-11-26(12-13-26)31-23-9-7-19(8-10-23)22-15-27-25-24(16-28-29(25)17-22)21-6-4-5-20(14-21)18(2)30;1-3-5-7(8)6-4-2/h4-10,14,16-18,27,30H,3,11-13,15H2,1-2H3;7-8H,3-6H2,1-2H3. The zero-order valence-electron chi connectivity index (χ0n) is 24.0. The Morgan fingerprint density at radius 3 is 2.31 bits per heavy atom. The number of nitrogens with zero attached hydrogens (tertiary/aromatic N) is 2. The quantitative estimate of drug-likeness (QED) is 0.236. The van der Waals surface area contributed by atoms with Crippen molar-refractivity contribution >= 4 is 17.6 Å². The number of nitrogens with one attached hydrogen (secondary N) is 1. The number of anilines is 1. The maximum atomic E-state index is 9.90. The molecule has 1 atom stereocenters. The van der Waals surface area contributed by atoms with Crippen LogP contribution < -0.4 is 10.1 Å². The summed E-state index contributed by atoms with van der Waals surface area (Å²) in [4.78, 5) is 0. The Balaban J connectivity index is 0.000000386. The third-order valence-corrected chi connectivity index (χ3v) is 7.52. The van der Waals surface area contributed by atoms with E-state index in [9.17, 15) is 5.11 Å². The average molecular weight is 532 g/mol. The minimum absolute atomic E-state index is 0.0370. The number of aliphatic hydroxyl groups excluding tert-OH is 2. The van der Waals surface area contributed by atoms with Gasteiger partial charge in [-0.1, -0.05) is 70.4 Å². The molecule has 0 saturated heterocycles. The van der Waals surface area contributed by atoms with E-state index in [1.807, 2.05) is 29.1 Å². The van der Waals surface area contributed by atoms with Crippen LogP contribution in [0, 0.1) is 0 Å². The minimum Gasteiger partial charge on any atom is -0.487 e. The second kappa shape index (κ2) is 13.3. The fourth-order valence-electron chi connectivity index (χ4n) is 5.16. The second-order valence-electron chi connectivity index (χ2n) is 11.0. The first kappa shape index (κ1) is 28.9. The average Bonchev–Trinajstić information content (AvgIpc) is 3.55. The number of rotatable bonds is 11. The first-order valence-electron chi connectivity index (χ1n) is 14.7. The molecule has 1 aliphatic carbocycles. The lowest BCUT2D eigenvalue weighted by atomic mass is 10.0. The minimum atomic E-state index is -0.491. The van der Waals surface area contributed by atoms with Crippen molar-refractivity contribution in [2.45, 2.75) is 96.9 Å². The van der Waals surface area contributed by atoms with E-state index in [1.165, 1.54) is 24.0 Å². The van der Waals surface area contributed by atoms with Crippen molar-refractivity contribution in [3.8, 4) is 16.9 Å². The number of aromatic nitrogens is 2. The van der Waals surface area contributed by atoms with E-state index < -0.39 is 6.10 Å². The van der Waals surface area contributed by atoms with Crippen molar-refractivity contribution in [2.75, 3.05) is 11.9 Å². The van der Waals surface area contributed by atoms with Gasteiger partial charge in [-0.25, -0.2) is 4.68 Å². The highest BCUT2D eigenvalue weighted by Gasteiger charge is 2.44. The van der Waals surface area contributed by atoms with Crippen molar-refractivity contribution < 1.29 is 14.9 Å². The summed E-state index contributed by atoms with van der Waals surface area (Å²) in [5.74, 6) is 1.93. The SMILES string of the molecule is CCCC(O)CCC.CCCC1(Oc2ccc(C3=Cn4ncc(-c5cccc(C(C)O)c5)c4NC3)cc2)CC1. The zero-order valence-corrected chi connectivity index (χ0v) is 24.0. The summed E-state index contributed by atoms with van der Waals surface area (Å²) in [6.45, 7) is 8.92. The molecular weight excluding hydrogens is 486 g/mol. The van der Waals surface area contributed by atoms with E-state index in [-0.39, 0.29) is 11.7 Å². The van der Waals surface area contributed by atoms with Gasteiger partial charge in [-0.05, 0) is 79.5 Å². The second-order valence-corrected chi connectivity index (χ2v) is 11.0. The molecule has 0 spiro atoms. The van der Waals surface area contributed by atoms with Gasteiger partial charge in [0.1, 0.15) is 17.2 Å². The van der Waals surface area contributed by atoms with Gasteiger partial charge in [0.15, 0.2) is 0 Å². The molecule has 0 bridgehead atoms. The Labute approximate surface area is 233 Å². The molecule has 6 nitrogen and oxygen atoms in total. The molecule has 2 heterocycles. The number of hydrogen-bond acceptors (Lipinski definition) is 5. The van der Waals surface area contributed by atoms with E-state index >= 15 is 0 Å². The molecule has 3 aromatic rings. The summed E-state index contributed by atoms with van der Waals surface area (Å²) < 4.78 is 8.16. The van der Waals surface area contributed by atoms with Gasteiger partial charge in [0.05, 0.1) is 18.4 Å². The van der Waals surface area contributed by atoms with E-state index in [4.69, 9.17) is 9.84 Å². The molecule has 39 heavy (non-hydrogen) atoms. The summed E-state index contributed by atoms with van der Waals surface area (Å²) in [6, 6.07) is 16.4. The van der Waals surface area contributed by atoms with Gasteiger partial charge in [0.2, 0.25) is 0 Å². The fourth-order valence-corrected chi connectivity index (χ4v) is 5.16. The Kier molecular flexibility index (Phi) is 9.87. The van der Waals surface area contributed by atoms with Crippen molar-refractivity contribution in [3.05, 3.63) is 65.9 Å². The Morgan fingerprint density at radius 2 is 1.69 bits per heavy atom. The van der Waals surface area contributed by atoms with Gasteiger partial charge in [-0.15, -0.1) is 0 Å². The van der Waals surface area contributed by atoms with Crippen LogP contribution in [0.15, 0.2) is 54.7 Å². The first-order chi connectivity index (χ1) is 18.9. The molecule has 1 aliphatic heterocycles. The largest absolute Gasteiger partial charge is 0.487 e. The van der Waals surface area contributed by atoms with Crippen LogP contribution in [0.5, 0.6) is 5.75 Å². The van der Waals surface area contributed by atoms with Crippen LogP contribution in [0.1, 0.15) is 96.3 Å². The number of ether oxygens (including phenoxy) is 1. The molecule has 1 fully saturated rings. The number of fused-ring (bicyclic) bond motifs is 1. The Morgan fingerprint density at radius 1 is 0.974 bits per heavy atom.